The first kappa shape index (κ1) is 24.6. The van der Waals surface area contributed by atoms with Crippen LogP contribution in [0.15, 0.2) is 30.3 Å². The number of amides is 1. The first-order valence-electron chi connectivity index (χ1n) is 12.4. The van der Waals surface area contributed by atoms with Gasteiger partial charge in [0, 0.05) is 56.9 Å². The SMILES string of the molecule is CCN1CCN(C(=O)c2cc3c(C)c(C)n(CC)c3c(N3CCc4ccccc4C3)n2)CC1.Cl. The Labute approximate surface area is 209 Å². The Kier molecular flexibility index (Phi) is 7.20. The minimum absolute atomic E-state index is 0. The fourth-order valence-electron chi connectivity index (χ4n) is 5.47. The standard InChI is InChI=1S/C27H35N5O.ClH/c1-5-29-13-15-30(16-14-29)27(33)24-17-23-19(3)20(4)32(6-2)25(23)26(28-24)31-12-11-21-9-7-8-10-22(21)18-31;/h7-10,17H,5-6,11-16,18H2,1-4H3;1H. The lowest BCUT2D eigenvalue weighted by Gasteiger charge is -2.34. The molecule has 34 heavy (non-hydrogen) atoms. The quantitative estimate of drug-likeness (QED) is 0.552. The van der Waals surface area contributed by atoms with E-state index in [2.05, 4.69) is 66.3 Å². The van der Waals surface area contributed by atoms with Crippen molar-refractivity contribution >= 4 is 35.0 Å². The third-order valence-electron chi connectivity index (χ3n) is 7.67. The molecule has 3 aromatic rings. The normalized spacial score (nSPS) is 16.5. The zero-order chi connectivity index (χ0) is 23.1. The number of hydrogen-bond donors (Lipinski definition) is 0. The third-order valence-corrected chi connectivity index (χ3v) is 7.67. The van der Waals surface area contributed by atoms with E-state index in [-0.39, 0.29) is 18.3 Å². The summed E-state index contributed by atoms with van der Waals surface area (Å²) in [5, 5.41) is 1.16. The second-order valence-electron chi connectivity index (χ2n) is 9.35. The molecule has 0 atom stereocenters. The van der Waals surface area contributed by atoms with Crippen molar-refractivity contribution in [2.24, 2.45) is 0 Å². The lowest BCUT2D eigenvalue weighted by atomic mass is 10.00. The van der Waals surface area contributed by atoms with Crippen LogP contribution in [0.5, 0.6) is 0 Å². The average molecular weight is 482 g/mol. The van der Waals surface area contributed by atoms with Gasteiger partial charge in [-0.15, -0.1) is 12.4 Å². The molecule has 6 nitrogen and oxygen atoms in total. The van der Waals surface area contributed by atoms with Crippen LogP contribution in [0, 0.1) is 13.8 Å². The van der Waals surface area contributed by atoms with Gasteiger partial charge in [-0.3, -0.25) is 4.79 Å². The number of anilines is 1. The minimum atomic E-state index is 0. The van der Waals surface area contributed by atoms with E-state index >= 15 is 0 Å². The number of carbonyl (C=O) groups is 1. The zero-order valence-corrected chi connectivity index (χ0v) is 21.6. The van der Waals surface area contributed by atoms with Crippen molar-refractivity contribution in [1.29, 1.82) is 0 Å². The second-order valence-corrected chi connectivity index (χ2v) is 9.35. The summed E-state index contributed by atoms with van der Waals surface area (Å²) in [6.07, 6.45) is 1.00. The van der Waals surface area contributed by atoms with Crippen molar-refractivity contribution in [2.75, 3.05) is 44.2 Å². The molecule has 0 bridgehead atoms. The molecule has 1 saturated heterocycles. The molecule has 0 radical (unpaired) electrons. The van der Waals surface area contributed by atoms with E-state index in [1.54, 1.807) is 0 Å². The third kappa shape index (κ3) is 4.18. The van der Waals surface area contributed by atoms with Crippen LogP contribution >= 0.6 is 12.4 Å². The molecule has 7 heteroatoms. The first-order chi connectivity index (χ1) is 16.0. The van der Waals surface area contributed by atoms with Gasteiger partial charge in [0.05, 0.1) is 5.52 Å². The Bertz CT molecular complexity index is 1200. The number of aromatic nitrogens is 2. The number of benzene rings is 1. The number of halogens is 1. The molecule has 2 aromatic heterocycles. The molecule has 0 N–H and O–H groups in total. The highest BCUT2D eigenvalue weighted by molar-refractivity contribution is 6.01. The van der Waals surface area contributed by atoms with Crippen molar-refractivity contribution in [3.8, 4) is 0 Å². The number of rotatable bonds is 4. The number of likely N-dealkylation sites (N-methyl/N-ethyl adjacent to an activating group) is 1. The predicted octanol–water partition coefficient (Wildman–Crippen LogP) is 4.44. The molecule has 0 spiro atoms. The van der Waals surface area contributed by atoms with Crippen LogP contribution in [0.1, 0.15) is 46.7 Å². The van der Waals surface area contributed by atoms with Gasteiger partial charge >= 0.3 is 0 Å². The Balaban J connectivity index is 0.00000274. The van der Waals surface area contributed by atoms with Crippen LogP contribution in [-0.4, -0.2) is 64.5 Å². The maximum absolute atomic E-state index is 13.6. The van der Waals surface area contributed by atoms with E-state index in [0.29, 0.717) is 5.69 Å². The van der Waals surface area contributed by atoms with Crippen LogP contribution in [0.4, 0.5) is 5.82 Å². The van der Waals surface area contributed by atoms with Crippen molar-refractivity contribution in [2.45, 2.75) is 47.2 Å². The van der Waals surface area contributed by atoms with Gasteiger partial charge < -0.3 is 19.3 Å². The molecular weight excluding hydrogens is 446 g/mol. The van der Waals surface area contributed by atoms with E-state index < -0.39 is 0 Å². The lowest BCUT2D eigenvalue weighted by molar-refractivity contribution is 0.0638. The summed E-state index contributed by atoms with van der Waals surface area (Å²) in [4.78, 5) is 25.4. The van der Waals surface area contributed by atoms with Gasteiger partial charge in [-0.05, 0) is 56.5 Å². The Morgan fingerprint density at radius 3 is 2.35 bits per heavy atom. The molecule has 182 valence electrons. The summed E-state index contributed by atoms with van der Waals surface area (Å²) in [5.74, 6) is 1.02. The van der Waals surface area contributed by atoms with Crippen molar-refractivity contribution < 1.29 is 4.79 Å². The zero-order valence-electron chi connectivity index (χ0n) is 20.8. The summed E-state index contributed by atoms with van der Waals surface area (Å²) in [6, 6.07) is 10.7. The predicted molar refractivity (Wildman–Crippen MR) is 141 cm³/mol. The van der Waals surface area contributed by atoms with E-state index in [1.165, 1.54) is 27.9 Å². The van der Waals surface area contributed by atoms with Gasteiger partial charge in [0.25, 0.3) is 5.91 Å². The summed E-state index contributed by atoms with van der Waals surface area (Å²) in [7, 11) is 0. The van der Waals surface area contributed by atoms with Crippen LogP contribution in [0.3, 0.4) is 0 Å². The average Bonchev–Trinajstić information content (AvgIpc) is 3.12. The number of carbonyl (C=O) groups excluding carboxylic acids is 1. The van der Waals surface area contributed by atoms with Crippen LogP contribution in [0.2, 0.25) is 0 Å². The van der Waals surface area contributed by atoms with Crippen molar-refractivity contribution in [3.63, 3.8) is 0 Å². The highest BCUT2D eigenvalue weighted by Crippen LogP contribution is 2.35. The fourth-order valence-corrected chi connectivity index (χ4v) is 5.47. The molecule has 1 amide bonds. The van der Waals surface area contributed by atoms with Gasteiger partial charge in [0.1, 0.15) is 5.69 Å². The molecule has 2 aliphatic rings. The maximum atomic E-state index is 13.6. The second kappa shape index (κ2) is 9.96. The minimum Gasteiger partial charge on any atom is -0.350 e. The molecule has 2 aliphatic heterocycles. The van der Waals surface area contributed by atoms with Gasteiger partial charge in [-0.1, -0.05) is 31.2 Å². The summed E-state index contributed by atoms with van der Waals surface area (Å²) < 4.78 is 2.36. The Morgan fingerprint density at radius 1 is 0.971 bits per heavy atom. The number of nitrogens with zero attached hydrogens (tertiary/aromatic N) is 5. The molecule has 5 rings (SSSR count). The fraction of sp³-hybridized carbons (Fsp3) is 0.481. The molecule has 4 heterocycles. The number of piperazine rings is 1. The molecule has 1 fully saturated rings. The Hall–Kier alpha value is -2.57. The van der Waals surface area contributed by atoms with Gasteiger partial charge in [0.15, 0.2) is 5.82 Å². The monoisotopic (exact) mass is 481 g/mol. The highest BCUT2D eigenvalue weighted by atomic mass is 35.5. The first-order valence-corrected chi connectivity index (χ1v) is 12.4. The van der Waals surface area contributed by atoms with E-state index in [1.807, 2.05) is 11.0 Å². The Morgan fingerprint density at radius 2 is 1.68 bits per heavy atom. The highest BCUT2D eigenvalue weighted by Gasteiger charge is 2.28. The van der Waals surface area contributed by atoms with Gasteiger partial charge in [-0.25, -0.2) is 4.98 Å². The molecule has 0 unspecified atom stereocenters. The van der Waals surface area contributed by atoms with E-state index in [4.69, 9.17) is 4.98 Å². The number of pyridine rings is 1. The van der Waals surface area contributed by atoms with Crippen LogP contribution in [0.25, 0.3) is 10.9 Å². The van der Waals surface area contributed by atoms with Crippen LogP contribution < -0.4 is 4.90 Å². The number of hydrogen-bond acceptors (Lipinski definition) is 4. The summed E-state index contributed by atoms with van der Waals surface area (Å²) in [6.45, 7) is 15.8. The molecule has 0 saturated carbocycles. The number of fused-ring (bicyclic) bond motifs is 2. The summed E-state index contributed by atoms with van der Waals surface area (Å²) in [5.41, 5.74) is 7.03. The van der Waals surface area contributed by atoms with Gasteiger partial charge in [-0.2, -0.15) is 0 Å². The van der Waals surface area contributed by atoms with Crippen LogP contribution in [-0.2, 0) is 19.5 Å². The number of aryl methyl sites for hydroxylation is 2. The molecule has 1 aromatic carbocycles. The van der Waals surface area contributed by atoms with Crippen molar-refractivity contribution in [1.82, 2.24) is 19.4 Å². The van der Waals surface area contributed by atoms with E-state index in [0.717, 1.165) is 70.0 Å². The molecular formula is C27H36ClN5O. The van der Waals surface area contributed by atoms with Gasteiger partial charge in [0.2, 0.25) is 0 Å². The van der Waals surface area contributed by atoms with E-state index in [9.17, 15) is 4.79 Å². The molecule has 0 aliphatic carbocycles. The topological polar surface area (TPSA) is 44.6 Å². The smallest absolute Gasteiger partial charge is 0.272 e. The largest absolute Gasteiger partial charge is 0.350 e. The van der Waals surface area contributed by atoms with Crippen molar-refractivity contribution in [3.05, 3.63) is 58.4 Å². The maximum Gasteiger partial charge on any atom is 0.272 e. The summed E-state index contributed by atoms with van der Waals surface area (Å²) >= 11 is 0. The lowest BCUT2D eigenvalue weighted by Crippen LogP contribution is -2.48.